The van der Waals surface area contributed by atoms with Gasteiger partial charge in [-0.1, -0.05) is 54.1 Å². The summed E-state index contributed by atoms with van der Waals surface area (Å²) in [6.45, 7) is 1.28. The Bertz CT molecular complexity index is 1570. The molecule has 0 bridgehead atoms. The van der Waals surface area contributed by atoms with Crippen LogP contribution in [0.15, 0.2) is 65.6 Å². The van der Waals surface area contributed by atoms with E-state index in [0.717, 1.165) is 33.9 Å². The summed E-state index contributed by atoms with van der Waals surface area (Å²) in [7, 11) is -3.94. The fourth-order valence-corrected chi connectivity index (χ4v) is 6.58. The highest BCUT2D eigenvalue weighted by Crippen LogP contribution is 2.34. The molecule has 2 aliphatic rings. The summed E-state index contributed by atoms with van der Waals surface area (Å²) in [4.78, 5) is 41.5. The minimum absolute atomic E-state index is 0.00304. The number of fused-ring (bicyclic) bond motifs is 1. The second-order valence-corrected chi connectivity index (χ2v) is 11.7. The van der Waals surface area contributed by atoms with Crippen LogP contribution in [0.5, 0.6) is 0 Å². The van der Waals surface area contributed by atoms with Crippen LogP contribution in [0.4, 0.5) is 9.18 Å². The molecule has 1 atom stereocenters. The number of amides is 4. The van der Waals surface area contributed by atoms with Crippen molar-refractivity contribution in [2.45, 2.75) is 17.4 Å². The Balaban J connectivity index is 1.27. The van der Waals surface area contributed by atoms with Gasteiger partial charge in [0.2, 0.25) is 15.9 Å². The number of hydrogen-bond donors (Lipinski definition) is 1. The van der Waals surface area contributed by atoms with Crippen LogP contribution in [-0.2, 0) is 25.2 Å². The molecule has 0 aromatic heterocycles. The third-order valence-corrected chi connectivity index (χ3v) is 9.20. The first kappa shape index (κ1) is 26.1. The van der Waals surface area contributed by atoms with E-state index in [1.165, 1.54) is 9.21 Å². The van der Waals surface area contributed by atoms with Crippen LogP contribution in [0.1, 0.15) is 12.5 Å². The zero-order valence-corrected chi connectivity index (χ0v) is 21.9. The van der Waals surface area contributed by atoms with Gasteiger partial charge in [-0.25, -0.2) is 17.6 Å². The van der Waals surface area contributed by atoms with Gasteiger partial charge in [-0.15, -0.1) is 0 Å². The number of nitrogens with one attached hydrogen (secondary N) is 1. The average Bonchev–Trinajstić information content (AvgIpc) is 3.13. The quantitative estimate of drug-likeness (QED) is 0.485. The Hall–Kier alpha value is -3.54. The smallest absolute Gasteiger partial charge is 0.325 e. The van der Waals surface area contributed by atoms with Crippen molar-refractivity contribution in [3.05, 3.63) is 77.1 Å². The van der Waals surface area contributed by atoms with E-state index in [4.69, 9.17) is 11.6 Å². The number of benzene rings is 3. The van der Waals surface area contributed by atoms with Crippen molar-refractivity contribution >= 4 is 50.2 Å². The van der Waals surface area contributed by atoms with Gasteiger partial charge in [0.25, 0.3) is 5.91 Å². The first-order valence-electron chi connectivity index (χ1n) is 11.9. The molecule has 198 valence electrons. The molecule has 3 aromatic carbocycles. The summed E-state index contributed by atoms with van der Waals surface area (Å²) in [5, 5.41) is 4.17. The molecule has 0 radical (unpaired) electrons. The summed E-state index contributed by atoms with van der Waals surface area (Å²) >= 11 is 5.74. The number of imide groups is 1. The Labute approximate surface area is 223 Å². The van der Waals surface area contributed by atoms with Gasteiger partial charge in [0.05, 0.1) is 9.92 Å². The number of urea groups is 1. The maximum Gasteiger partial charge on any atom is 0.325 e. The number of piperazine rings is 1. The lowest BCUT2D eigenvalue weighted by Crippen LogP contribution is -2.53. The summed E-state index contributed by atoms with van der Waals surface area (Å²) in [5.41, 5.74) is -0.717. The van der Waals surface area contributed by atoms with E-state index < -0.39 is 45.8 Å². The summed E-state index contributed by atoms with van der Waals surface area (Å²) in [5.74, 6) is -1.74. The van der Waals surface area contributed by atoms with Crippen LogP contribution in [0.25, 0.3) is 10.8 Å². The van der Waals surface area contributed by atoms with Crippen molar-refractivity contribution in [1.29, 1.82) is 0 Å². The molecule has 2 heterocycles. The highest BCUT2D eigenvalue weighted by Gasteiger charge is 2.50. The minimum Gasteiger partial charge on any atom is -0.338 e. The van der Waals surface area contributed by atoms with Gasteiger partial charge in [-0.05, 0) is 41.5 Å². The van der Waals surface area contributed by atoms with E-state index >= 15 is 0 Å². The standard InChI is InChI=1S/C26H24ClFN4O5S/c1-26(20-8-4-6-17-5-2-3-7-19(17)20)24(34)32(25(35)29-26)16-23(33)30-11-13-31(14-12-30)38(36,37)18-9-10-22(28)21(27)15-18/h2-10,15H,11-14,16H2,1H3,(H,29,35)/t26-/m0/s1. The van der Waals surface area contributed by atoms with Crippen LogP contribution in [0, 0.1) is 5.82 Å². The van der Waals surface area contributed by atoms with Crippen LogP contribution in [0.2, 0.25) is 5.02 Å². The molecule has 5 rings (SSSR count). The first-order valence-corrected chi connectivity index (χ1v) is 13.7. The highest BCUT2D eigenvalue weighted by atomic mass is 35.5. The van der Waals surface area contributed by atoms with Crippen molar-refractivity contribution < 1.29 is 27.2 Å². The number of halogens is 2. The molecular weight excluding hydrogens is 535 g/mol. The van der Waals surface area contributed by atoms with Crippen molar-refractivity contribution in [3.8, 4) is 0 Å². The lowest BCUT2D eigenvalue weighted by molar-refractivity contribution is -0.139. The number of hydrogen-bond acceptors (Lipinski definition) is 5. The maximum atomic E-state index is 13.5. The largest absolute Gasteiger partial charge is 0.338 e. The molecule has 9 nitrogen and oxygen atoms in total. The van der Waals surface area contributed by atoms with Crippen molar-refractivity contribution in [2.75, 3.05) is 32.7 Å². The lowest BCUT2D eigenvalue weighted by atomic mass is 9.88. The second kappa shape index (κ2) is 9.64. The molecule has 0 saturated carbocycles. The molecule has 1 N–H and O–H groups in total. The fraction of sp³-hybridized carbons (Fsp3) is 0.269. The number of sulfonamides is 1. The summed E-state index contributed by atoms with van der Waals surface area (Å²) in [6.07, 6.45) is 0. The van der Waals surface area contributed by atoms with E-state index in [-0.39, 0.29) is 36.1 Å². The second-order valence-electron chi connectivity index (χ2n) is 9.33. The molecule has 4 amide bonds. The zero-order valence-electron chi connectivity index (χ0n) is 20.4. The number of rotatable bonds is 5. The molecule has 2 fully saturated rings. The molecule has 0 unspecified atom stereocenters. The van der Waals surface area contributed by atoms with Gasteiger partial charge in [0.15, 0.2) is 0 Å². The fourth-order valence-electron chi connectivity index (χ4n) is 4.88. The average molecular weight is 559 g/mol. The minimum atomic E-state index is -3.94. The molecule has 12 heteroatoms. The van der Waals surface area contributed by atoms with E-state index in [0.29, 0.717) is 5.56 Å². The SMILES string of the molecule is C[C@@]1(c2cccc3ccccc23)NC(=O)N(CC(=O)N2CCN(S(=O)(=O)c3ccc(F)c(Cl)c3)CC2)C1=O. The third-order valence-electron chi connectivity index (χ3n) is 7.02. The molecule has 2 saturated heterocycles. The van der Waals surface area contributed by atoms with Gasteiger partial charge < -0.3 is 10.2 Å². The van der Waals surface area contributed by atoms with E-state index in [2.05, 4.69) is 5.32 Å². The molecule has 38 heavy (non-hydrogen) atoms. The van der Waals surface area contributed by atoms with Crippen LogP contribution in [-0.4, -0.2) is 73.1 Å². The highest BCUT2D eigenvalue weighted by molar-refractivity contribution is 7.89. The van der Waals surface area contributed by atoms with Gasteiger partial charge in [-0.3, -0.25) is 14.5 Å². The first-order chi connectivity index (χ1) is 18.0. The molecule has 0 spiro atoms. The number of carbonyl (C=O) groups is 3. The number of carbonyl (C=O) groups excluding carboxylic acids is 3. The number of nitrogens with zero attached hydrogens (tertiary/aromatic N) is 3. The molecule has 0 aliphatic carbocycles. The monoisotopic (exact) mass is 558 g/mol. The molecular formula is C26H24ClFN4O5S. The van der Waals surface area contributed by atoms with Gasteiger partial charge >= 0.3 is 6.03 Å². The Kier molecular flexibility index (Phi) is 6.62. The molecule has 2 aliphatic heterocycles. The van der Waals surface area contributed by atoms with Crippen LogP contribution in [0.3, 0.4) is 0 Å². The van der Waals surface area contributed by atoms with E-state index in [1.807, 2.05) is 36.4 Å². The maximum absolute atomic E-state index is 13.5. The molecule has 3 aromatic rings. The van der Waals surface area contributed by atoms with Crippen LogP contribution >= 0.6 is 11.6 Å². The predicted molar refractivity (Wildman–Crippen MR) is 138 cm³/mol. The van der Waals surface area contributed by atoms with E-state index in [1.54, 1.807) is 13.0 Å². The van der Waals surface area contributed by atoms with Gasteiger partial charge in [-0.2, -0.15) is 4.31 Å². The zero-order chi connectivity index (χ0) is 27.2. The summed E-state index contributed by atoms with van der Waals surface area (Å²) in [6, 6.07) is 15.5. The van der Waals surface area contributed by atoms with Gasteiger partial charge in [0, 0.05) is 26.2 Å². The van der Waals surface area contributed by atoms with Crippen molar-refractivity contribution in [2.24, 2.45) is 0 Å². The van der Waals surface area contributed by atoms with Crippen molar-refractivity contribution in [3.63, 3.8) is 0 Å². The Morgan fingerprint density at radius 2 is 1.71 bits per heavy atom. The van der Waals surface area contributed by atoms with Crippen LogP contribution < -0.4 is 5.32 Å². The Morgan fingerprint density at radius 1 is 1.03 bits per heavy atom. The predicted octanol–water partition coefficient (Wildman–Crippen LogP) is 2.93. The third kappa shape index (κ3) is 4.40. The summed E-state index contributed by atoms with van der Waals surface area (Å²) < 4.78 is 40.5. The van der Waals surface area contributed by atoms with Crippen molar-refractivity contribution in [1.82, 2.24) is 19.4 Å². The normalized spacial score (nSPS) is 20.7. The lowest BCUT2D eigenvalue weighted by Gasteiger charge is -2.34. The van der Waals surface area contributed by atoms with E-state index in [9.17, 15) is 27.2 Å². The topological polar surface area (TPSA) is 107 Å². The Morgan fingerprint density at radius 3 is 2.42 bits per heavy atom. The van der Waals surface area contributed by atoms with Gasteiger partial charge in [0.1, 0.15) is 17.9 Å².